The first-order chi connectivity index (χ1) is 15.9. The van der Waals surface area contributed by atoms with E-state index in [1.54, 1.807) is 16.8 Å². The molecule has 1 heterocycles. The molecule has 0 atom stereocenters. The number of rotatable bonds is 7. The Morgan fingerprint density at radius 3 is 2.42 bits per heavy atom. The highest BCUT2D eigenvalue weighted by Crippen LogP contribution is 2.33. The van der Waals surface area contributed by atoms with Crippen LogP contribution in [-0.2, 0) is 11.2 Å². The van der Waals surface area contributed by atoms with Crippen molar-refractivity contribution in [1.29, 1.82) is 0 Å². The van der Waals surface area contributed by atoms with E-state index < -0.39 is 5.82 Å². The molecule has 0 radical (unpaired) electrons. The molecule has 0 aliphatic heterocycles. The molecule has 1 aromatic heterocycles. The number of aromatic nitrogens is 2. The minimum atomic E-state index is -0.392. The van der Waals surface area contributed by atoms with Crippen LogP contribution in [0.5, 0.6) is 11.6 Å². The van der Waals surface area contributed by atoms with Gasteiger partial charge in [0.2, 0.25) is 11.8 Å². The number of ether oxygens (including phenoxy) is 1. The van der Waals surface area contributed by atoms with Crippen LogP contribution in [0.25, 0.3) is 5.69 Å². The Bertz CT molecular complexity index is 1300. The maximum absolute atomic E-state index is 13.4. The van der Waals surface area contributed by atoms with Crippen LogP contribution in [-0.4, -0.2) is 15.7 Å². The molecular formula is C27H26FN3O2. The van der Waals surface area contributed by atoms with Gasteiger partial charge in [0.1, 0.15) is 11.6 Å². The van der Waals surface area contributed by atoms with Gasteiger partial charge in [-0.1, -0.05) is 42.5 Å². The molecule has 5 nitrogen and oxygen atoms in total. The highest BCUT2D eigenvalue weighted by molar-refractivity contribution is 5.90. The highest BCUT2D eigenvalue weighted by Gasteiger charge is 2.21. The third-order valence-corrected chi connectivity index (χ3v) is 5.49. The lowest BCUT2D eigenvalue weighted by Gasteiger charge is -2.14. The largest absolute Gasteiger partial charge is 0.438 e. The summed E-state index contributed by atoms with van der Waals surface area (Å²) in [5, 5.41) is 7.50. The molecule has 0 unspecified atom stereocenters. The average molecular weight is 444 g/mol. The molecule has 0 saturated heterocycles. The molecule has 33 heavy (non-hydrogen) atoms. The summed E-state index contributed by atoms with van der Waals surface area (Å²) >= 11 is 0. The average Bonchev–Trinajstić information content (AvgIpc) is 3.09. The Balaban J connectivity index is 1.64. The Morgan fingerprint density at radius 1 is 0.970 bits per heavy atom. The summed E-state index contributed by atoms with van der Waals surface area (Å²) in [6.07, 6.45) is 0.640. The fourth-order valence-corrected chi connectivity index (χ4v) is 3.70. The van der Waals surface area contributed by atoms with Crippen LogP contribution in [0, 0.1) is 26.6 Å². The normalized spacial score (nSPS) is 10.8. The number of anilines is 1. The van der Waals surface area contributed by atoms with Gasteiger partial charge in [-0.05, 0) is 68.7 Å². The highest BCUT2D eigenvalue weighted by atomic mass is 19.1. The van der Waals surface area contributed by atoms with Gasteiger partial charge in [-0.2, -0.15) is 9.78 Å². The maximum Gasteiger partial charge on any atom is 0.226 e. The monoisotopic (exact) mass is 443 g/mol. The number of nitrogens with zero attached hydrogens (tertiary/aromatic N) is 2. The van der Waals surface area contributed by atoms with Crippen LogP contribution in [0.15, 0.2) is 72.8 Å². The van der Waals surface area contributed by atoms with Crippen LogP contribution in [0.4, 0.5) is 10.1 Å². The Hall–Kier alpha value is -3.93. The van der Waals surface area contributed by atoms with E-state index in [0.29, 0.717) is 18.0 Å². The van der Waals surface area contributed by atoms with E-state index in [4.69, 9.17) is 9.84 Å². The molecule has 0 aliphatic carbocycles. The fraction of sp³-hybridized carbons (Fsp3) is 0.185. The van der Waals surface area contributed by atoms with Crippen LogP contribution in [0.3, 0.4) is 0 Å². The molecule has 6 heteroatoms. The molecule has 4 aromatic rings. The van der Waals surface area contributed by atoms with Crippen molar-refractivity contribution in [2.45, 2.75) is 33.6 Å². The van der Waals surface area contributed by atoms with Gasteiger partial charge in [-0.15, -0.1) is 0 Å². The molecule has 3 aromatic carbocycles. The zero-order valence-electron chi connectivity index (χ0n) is 18.9. The number of carbonyl (C=O) groups excluding carboxylic acids is 1. The maximum atomic E-state index is 13.4. The Kier molecular flexibility index (Phi) is 6.54. The van der Waals surface area contributed by atoms with E-state index in [0.717, 1.165) is 33.8 Å². The summed E-state index contributed by atoms with van der Waals surface area (Å²) in [7, 11) is 0. The number of hydrogen-bond acceptors (Lipinski definition) is 3. The minimum Gasteiger partial charge on any atom is -0.438 e. The zero-order valence-corrected chi connectivity index (χ0v) is 18.9. The second-order valence-electron chi connectivity index (χ2n) is 7.99. The summed E-state index contributed by atoms with van der Waals surface area (Å²) in [5.74, 6) is 0.731. The lowest BCUT2D eigenvalue weighted by Crippen LogP contribution is -2.13. The number of hydrogen-bond donors (Lipinski definition) is 1. The van der Waals surface area contributed by atoms with Crippen molar-refractivity contribution >= 4 is 11.6 Å². The topological polar surface area (TPSA) is 56.1 Å². The molecule has 1 N–H and O–H groups in total. The molecule has 0 fully saturated rings. The zero-order chi connectivity index (χ0) is 23.4. The predicted molar refractivity (Wildman–Crippen MR) is 128 cm³/mol. The first kappa shape index (κ1) is 22.3. The van der Waals surface area contributed by atoms with E-state index in [1.807, 2.05) is 69.3 Å². The molecule has 0 aliphatic rings. The first-order valence-electron chi connectivity index (χ1n) is 10.9. The minimum absolute atomic E-state index is 0.203. The second kappa shape index (κ2) is 9.69. The predicted octanol–water partition coefficient (Wildman–Crippen LogP) is 6.30. The van der Waals surface area contributed by atoms with Crippen LogP contribution in [0.1, 0.15) is 28.8 Å². The quantitative estimate of drug-likeness (QED) is 0.365. The summed E-state index contributed by atoms with van der Waals surface area (Å²) in [5.41, 5.74) is 5.06. The summed E-state index contributed by atoms with van der Waals surface area (Å²) in [6, 6.07) is 21.6. The lowest BCUT2D eigenvalue weighted by atomic mass is 10.1. The number of aryl methyl sites for hydroxylation is 3. The number of carbonyl (C=O) groups is 1. The summed E-state index contributed by atoms with van der Waals surface area (Å²) in [4.78, 5) is 12.6. The van der Waals surface area contributed by atoms with E-state index in [9.17, 15) is 9.18 Å². The van der Waals surface area contributed by atoms with Crippen LogP contribution >= 0.6 is 0 Å². The van der Waals surface area contributed by atoms with Crippen molar-refractivity contribution in [3.8, 4) is 17.3 Å². The van der Waals surface area contributed by atoms with Gasteiger partial charge in [0, 0.05) is 17.7 Å². The van der Waals surface area contributed by atoms with Crippen LogP contribution in [0.2, 0.25) is 0 Å². The van der Waals surface area contributed by atoms with Crippen molar-refractivity contribution in [2.24, 2.45) is 0 Å². The molecular weight excluding hydrogens is 417 g/mol. The lowest BCUT2D eigenvalue weighted by molar-refractivity contribution is -0.116. The molecule has 0 spiro atoms. The van der Waals surface area contributed by atoms with Gasteiger partial charge < -0.3 is 10.1 Å². The smallest absolute Gasteiger partial charge is 0.226 e. The van der Waals surface area contributed by atoms with Crippen LogP contribution < -0.4 is 10.1 Å². The van der Waals surface area contributed by atoms with Gasteiger partial charge in [-0.25, -0.2) is 4.39 Å². The third-order valence-electron chi connectivity index (χ3n) is 5.49. The van der Waals surface area contributed by atoms with Gasteiger partial charge in [0.25, 0.3) is 0 Å². The summed E-state index contributed by atoms with van der Waals surface area (Å²) in [6.45, 7) is 5.93. The molecule has 4 rings (SSSR count). The van der Waals surface area contributed by atoms with Gasteiger partial charge in [0.15, 0.2) is 0 Å². The van der Waals surface area contributed by atoms with E-state index in [-0.39, 0.29) is 12.3 Å². The SMILES string of the molecule is Cc1ccccc1Oc1c(CCC(=O)Nc2cccc(F)c2)c(C)nn1-c1ccccc1C. The number of amides is 1. The third kappa shape index (κ3) is 5.12. The number of benzene rings is 3. The van der Waals surface area contributed by atoms with Crippen molar-refractivity contribution in [2.75, 3.05) is 5.32 Å². The number of nitrogens with one attached hydrogen (secondary N) is 1. The Morgan fingerprint density at radius 2 is 1.70 bits per heavy atom. The molecule has 0 bridgehead atoms. The first-order valence-corrected chi connectivity index (χ1v) is 10.9. The Labute approximate surface area is 192 Å². The van der Waals surface area contributed by atoms with Crippen molar-refractivity contribution in [1.82, 2.24) is 9.78 Å². The number of halogens is 1. The molecule has 0 saturated carbocycles. The van der Waals surface area contributed by atoms with Crippen molar-refractivity contribution < 1.29 is 13.9 Å². The van der Waals surface area contributed by atoms with Gasteiger partial charge in [-0.3, -0.25) is 4.79 Å². The second-order valence-corrected chi connectivity index (χ2v) is 7.99. The van der Waals surface area contributed by atoms with E-state index in [1.165, 1.54) is 12.1 Å². The van der Waals surface area contributed by atoms with Crippen molar-refractivity contribution in [3.05, 3.63) is 101 Å². The number of para-hydroxylation sites is 2. The van der Waals surface area contributed by atoms with Gasteiger partial charge >= 0.3 is 0 Å². The van der Waals surface area contributed by atoms with Gasteiger partial charge in [0.05, 0.1) is 11.4 Å². The fourth-order valence-electron chi connectivity index (χ4n) is 3.70. The standard InChI is InChI=1S/C27H26FN3O2/c1-18-9-4-6-13-24(18)31-27(33-25-14-7-5-10-19(25)2)23(20(3)30-31)15-16-26(32)29-22-12-8-11-21(28)17-22/h4-14,17H,15-16H2,1-3H3,(H,29,32). The molecule has 1 amide bonds. The van der Waals surface area contributed by atoms with E-state index >= 15 is 0 Å². The van der Waals surface area contributed by atoms with E-state index in [2.05, 4.69) is 5.32 Å². The molecule has 168 valence electrons. The summed E-state index contributed by atoms with van der Waals surface area (Å²) < 4.78 is 21.6. The van der Waals surface area contributed by atoms with Crippen molar-refractivity contribution in [3.63, 3.8) is 0 Å².